The minimum atomic E-state index is 0.712. The van der Waals surface area contributed by atoms with Crippen molar-refractivity contribution in [2.45, 2.75) is 108 Å². The van der Waals surface area contributed by atoms with Crippen LogP contribution >= 0.6 is 0 Å². The normalized spacial score (nSPS) is 13.1. The molecule has 24 heavy (non-hydrogen) atoms. The fourth-order valence-corrected chi connectivity index (χ4v) is 2.53. The van der Waals surface area contributed by atoms with Gasteiger partial charge < -0.3 is 0 Å². The smallest absolute Gasteiger partial charge is 0.0263 e. The average Bonchev–Trinajstić information content (AvgIpc) is 2.42. The first-order valence-corrected chi connectivity index (χ1v) is 10.4. The summed E-state index contributed by atoms with van der Waals surface area (Å²) in [6.45, 7) is 22.7. The van der Waals surface area contributed by atoms with Crippen molar-refractivity contribution >= 4 is 0 Å². The van der Waals surface area contributed by atoms with Gasteiger partial charge in [0, 0.05) is 0 Å². The van der Waals surface area contributed by atoms with E-state index in [0.29, 0.717) is 5.92 Å². The molecule has 0 unspecified atom stereocenters. The fourth-order valence-electron chi connectivity index (χ4n) is 2.53. The van der Waals surface area contributed by atoms with Gasteiger partial charge in [0.1, 0.15) is 0 Å². The van der Waals surface area contributed by atoms with Gasteiger partial charge in [0.2, 0.25) is 0 Å². The first kappa shape index (κ1) is 25.7. The summed E-state index contributed by atoms with van der Waals surface area (Å²) in [5.74, 6) is 3.16. The van der Waals surface area contributed by atoms with Crippen LogP contribution in [0.3, 0.4) is 0 Å². The van der Waals surface area contributed by atoms with Gasteiger partial charge in [-0.15, -0.1) is 0 Å². The second-order valence-electron chi connectivity index (χ2n) is 8.97. The van der Waals surface area contributed by atoms with Crippen molar-refractivity contribution in [3.8, 4) is 0 Å². The molecule has 0 amide bonds. The van der Waals surface area contributed by atoms with Gasteiger partial charge in [0.25, 0.3) is 0 Å². The zero-order chi connectivity index (χ0) is 19.1. The van der Waals surface area contributed by atoms with E-state index in [2.05, 4.69) is 81.4 Å². The van der Waals surface area contributed by atoms with E-state index in [1.165, 1.54) is 38.5 Å². The van der Waals surface area contributed by atoms with Gasteiger partial charge in [-0.3, -0.25) is 0 Å². The lowest BCUT2D eigenvalue weighted by Gasteiger charge is -2.05. The maximum Gasteiger partial charge on any atom is -0.0263 e. The zero-order valence-corrected chi connectivity index (χ0v) is 18.7. The third kappa shape index (κ3) is 21.5. The fraction of sp³-hybridized carbons (Fsp3) is 0.833. The van der Waals surface area contributed by atoms with Gasteiger partial charge in [0.15, 0.2) is 0 Å². The number of unbranched alkanes of at least 4 members (excludes halogenated alkanes) is 1. The maximum absolute atomic E-state index is 2.40. The summed E-state index contributed by atoms with van der Waals surface area (Å²) in [7, 11) is 0. The molecule has 0 rings (SSSR count). The van der Waals surface area contributed by atoms with E-state index in [1.807, 2.05) is 0 Å². The molecule has 144 valence electrons. The second-order valence-corrected chi connectivity index (χ2v) is 8.97. The number of allylic oxidation sites excluding steroid dienone is 4. The Kier molecular flexibility index (Phi) is 17.1. The monoisotopic (exact) mass is 336 g/mol. The topological polar surface area (TPSA) is 0 Å². The number of rotatable bonds is 10. The van der Waals surface area contributed by atoms with Gasteiger partial charge in [-0.2, -0.15) is 0 Å². The van der Waals surface area contributed by atoms with E-state index in [4.69, 9.17) is 0 Å². The molecule has 0 atom stereocenters. The number of hydrogen-bond donors (Lipinski definition) is 0. The molecule has 0 nitrogen and oxygen atoms in total. The largest absolute Gasteiger partial charge is 0.0854 e. The summed E-state index contributed by atoms with van der Waals surface area (Å²) in [5.41, 5.74) is 3.10. The molecule has 0 aromatic rings. The molecule has 0 N–H and O–H groups in total. The Morgan fingerprint density at radius 2 is 1.25 bits per heavy atom. The lowest BCUT2D eigenvalue weighted by molar-refractivity contribution is 0.553. The van der Waals surface area contributed by atoms with Crippen LogP contribution in [0.5, 0.6) is 0 Å². The van der Waals surface area contributed by atoms with Crippen LogP contribution in [0.15, 0.2) is 23.3 Å². The Morgan fingerprint density at radius 1 is 0.750 bits per heavy atom. The molecule has 0 aromatic carbocycles. The molecule has 0 saturated heterocycles. The van der Waals surface area contributed by atoms with Crippen LogP contribution in [0.25, 0.3) is 0 Å². The van der Waals surface area contributed by atoms with Crippen molar-refractivity contribution in [2.75, 3.05) is 0 Å². The van der Waals surface area contributed by atoms with E-state index in [1.54, 1.807) is 11.1 Å². The Morgan fingerprint density at radius 3 is 1.67 bits per heavy atom. The molecule has 0 fully saturated rings. The molecule has 0 aromatic heterocycles. The van der Waals surface area contributed by atoms with E-state index >= 15 is 0 Å². The van der Waals surface area contributed by atoms with Crippen molar-refractivity contribution in [1.29, 1.82) is 0 Å². The lowest BCUT2D eigenvalue weighted by Crippen LogP contribution is -1.89. The average molecular weight is 337 g/mol. The van der Waals surface area contributed by atoms with Gasteiger partial charge >= 0.3 is 0 Å². The quantitative estimate of drug-likeness (QED) is 0.276. The maximum atomic E-state index is 2.40. The highest BCUT2D eigenvalue weighted by Gasteiger charge is 1.97. The molecule has 0 aliphatic rings. The van der Waals surface area contributed by atoms with Crippen LogP contribution in [0, 0.1) is 23.7 Å². The standard InChI is InChI=1S/2C12H24/c1-10(2)7-6-8-12(5)9-11(3)4;1-10(2)8-6-7-9-12(5)11(3)4/h2*9-11H,6-8H2,1-5H3/b2*12-9+. The molecule has 0 bridgehead atoms. The van der Waals surface area contributed by atoms with E-state index < -0.39 is 0 Å². The lowest BCUT2D eigenvalue weighted by atomic mass is 10.0. The third-order valence-corrected chi connectivity index (χ3v) is 4.33. The van der Waals surface area contributed by atoms with E-state index in [0.717, 1.165) is 17.8 Å². The van der Waals surface area contributed by atoms with Gasteiger partial charge in [-0.05, 0) is 63.2 Å². The zero-order valence-electron chi connectivity index (χ0n) is 18.7. The summed E-state index contributed by atoms with van der Waals surface area (Å²) in [4.78, 5) is 0. The Balaban J connectivity index is 0. The van der Waals surface area contributed by atoms with Crippen LogP contribution < -0.4 is 0 Å². The number of hydrogen-bond acceptors (Lipinski definition) is 0. The molecule has 0 spiro atoms. The minimum Gasteiger partial charge on any atom is -0.0854 e. The summed E-state index contributed by atoms with van der Waals surface area (Å²) in [6.07, 6.45) is 12.8. The van der Waals surface area contributed by atoms with Crippen LogP contribution in [0.2, 0.25) is 0 Å². The Labute approximate surface area is 155 Å². The Bertz CT molecular complexity index is 326. The highest BCUT2D eigenvalue weighted by atomic mass is 14.0. The van der Waals surface area contributed by atoms with Crippen molar-refractivity contribution in [2.24, 2.45) is 23.7 Å². The highest BCUT2D eigenvalue weighted by Crippen LogP contribution is 2.13. The van der Waals surface area contributed by atoms with Crippen molar-refractivity contribution < 1.29 is 0 Å². The second kappa shape index (κ2) is 16.0. The molecule has 0 saturated carbocycles. The summed E-state index contributed by atoms with van der Waals surface area (Å²) in [6, 6.07) is 0. The third-order valence-electron chi connectivity index (χ3n) is 4.33. The summed E-state index contributed by atoms with van der Waals surface area (Å²) < 4.78 is 0. The first-order valence-electron chi connectivity index (χ1n) is 10.4. The highest BCUT2D eigenvalue weighted by molar-refractivity contribution is 5.00. The Hall–Kier alpha value is -0.520. The van der Waals surface area contributed by atoms with Crippen molar-refractivity contribution in [1.82, 2.24) is 0 Å². The van der Waals surface area contributed by atoms with Crippen molar-refractivity contribution in [3.05, 3.63) is 23.3 Å². The van der Waals surface area contributed by atoms with Crippen LogP contribution in [0.4, 0.5) is 0 Å². The predicted molar refractivity (Wildman–Crippen MR) is 115 cm³/mol. The molecule has 0 aliphatic heterocycles. The summed E-state index contributed by atoms with van der Waals surface area (Å²) in [5, 5.41) is 0. The van der Waals surface area contributed by atoms with E-state index in [9.17, 15) is 0 Å². The minimum absolute atomic E-state index is 0.712. The van der Waals surface area contributed by atoms with Gasteiger partial charge in [0.05, 0.1) is 0 Å². The molecular formula is C24H48. The van der Waals surface area contributed by atoms with Crippen LogP contribution in [0.1, 0.15) is 108 Å². The first-order chi connectivity index (χ1) is 11.1. The summed E-state index contributed by atoms with van der Waals surface area (Å²) >= 11 is 0. The molecule has 0 aliphatic carbocycles. The van der Waals surface area contributed by atoms with E-state index in [-0.39, 0.29) is 0 Å². The molecule has 0 heteroatoms. The van der Waals surface area contributed by atoms with Crippen molar-refractivity contribution in [3.63, 3.8) is 0 Å². The van der Waals surface area contributed by atoms with Gasteiger partial charge in [-0.1, -0.05) is 91.5 Å². The molecule has 0 radical (unpaired) electrons. The predicted octanol–water partition coefficient (Wildman–Crippen LogP) is 8.83. The molecular weight excluding hydrogens is 288 g/mol. The molecule has 0 heterocycles. The van der Waals surface area contributed by atoms with Gasteiger partial charge in [-0.25, -0.2) is 0 Å². The SMILES string of the molecule is C/C(=C\C(C)C)CCCC(C)C.C/C(=C\CCCC(C)C)C(C)C. The van der Waals surface area contributed by atoms with Crippen LogP contribution in [-0.2, 0) is 0 Å². The van der Waals surface area contributed by atoms with Crippen LogP contribution in [-0.4, -0.2) is 0 Å².